The van der Waals surface area contributed by atoms with Crippen molar-refractivity contribution >= 4 is 17.5 Å². The topological polar surface area (TPSA) is 102 Å². The normalized spacial score (nSPS) is 17.9. The first-order valence-corrected chi connectivity index (χ1v) is 11.2. The van der Waals surface area contributed by atoms with Crippen LogP contribution in [-0.4, -0.2) is 55.6 Å². The van der Waals surface area contributed by atoms with Crippen LogP contribution in [0.5, 0.6) is 5.75 Å². The van der Waals surface area contributed by atoms with Crippen LogP contribution < -0.4 is 10.1 Å². The first-order chi connectivity index (χ1) is 16.3. The smallest absolute Gasteiger partial charge is 0.260 e. The molecule has 1 aliphatic heterocycles. The van der Waals surface area contributed by atoms with Crippen molar-refractivity contribution in [3.05, 3.63) is 59.7 Å². The number of carbonyl (C=O) groups is 2. The zero-order chi connectivity index (χ0) is 24.2. The van der Waals surface area contributed by atoms with E-state index in [-0.39, 0.29) is 36.2 Å². The largest absolute Gasteiger partial charge is 0.484 e. The summed E-state index contributed by atoms with van der Waals surface area (Å²) in [5.41, 5.74) is 0.916. The first kappa shape index (κ1) is 23.3. The molecule has 1 aromatic heterocycles. The number of aryl methyl sites for hydroxylation is 1. The van der Waals surface area contributed by atoms with E-state index in [1.165, 1.54) is 22.9 Å². The third-order valence-electron chi connectivity index (χ3n) is 6.02. The molecule has 2 unspecified atom stereocenters. The summed E-state index contributed by atoms with van der Waals surface area (Å²) in [6.45, 7) is 5.73. The highest BCUT2D eigenvalue weighted by atomic mass is 19.1. The van der Waals surface area contributed by atoms with Crippen LogP contribution in [-0.2, 0) is 4.79 Å². The summed E-state index contributed by atoms with van der Waals surface area (Å²) in [4.78, 5) is 27.2. The van der Waals surface area contributed by atoms with Gasteiger partial charge in [-0.3, -0.25) is 9.59 Å². The molecular formula is C24H27FN6O3. The molecule has 178 valence electrons. The third kappa shape index (κ3) is 5.05. The molecule has 9 nitrogen and oxygen atoms in total. The zero-order valence-corrected chi connectivity index (χ0v) is 19.4. The van der Waals surface area contributed by atoms with Gasteiger partial charge in [-0.1, -0.05) is 0 Å². The fourth-order valence-electron chi connectivity index (χ4n) is 4.25. The lowest BCUT2D eigenvalue weighted by molar-refractivity contribution is -0.139. The Balaban J connectivity index is 1.37. The fourth-order valence-corrected chi connectivity index (χ4v) is 4.25. The first-order valence-electron chi connectivity index (χ1n) is 11.2. The number of nitrogens with one attached hydrogen (secondary N) is 1. The van der Waals surface area contributed by atoms with Crippen molar-refractivity contribution in [2.75, 3.05) is 11.9 Å². The van der Waals surface area contributed by atoms with Crippen molar-refractivity contribution in [1.82, 2.24) is 25.1 Å². The van der Waals surface area contributed by atoms with Gasteiger partial charge >= 0.3 is 0 Å². The van der Waals surface area contributed by atoms with E-state index < -0.39 is 5.82 Å². The molecule has 0 saturated carbocycles. The third-order valence-corrected chi connectivity index (χ3v) is 6.02. The lowest BCUT2D eigenvalue weighted by atomic mass is 9.97. The molecule has 3 aromatic rings. The number of benzene rings is 2. The second kappa shape index (κ2) is 9.98. The Bertz CT molecular complexity index is 1170. The number of halogens is 1. The van der Waals surface area contributed by atoms with Crippen LogP contribution in [0.1, 0.15) is 49.3 Å². The maximum Gasteiger partial charge on any atom is 0.260 e. The molecule has 0 spiro atoms. The zero-order valence-electron chi connectivity index (χ0n) is 19.4. The van der Waals surface area contributed by atoms with Crippen molar-refractivity contribution in [3.8, 4) is 11.4 Å². The summed E-state index contributed by atoms with van der Waals surface area (Å²) < 4.78 is 21.2. The molecule has 4 rings (SSSR count). The second-order valence-corrected chi connectivity index (χ2v) is 8.50. The molecule has 1 aliphatic rings. The van der Waals surface area contributed by atoms with Gasteiger partial charge in [0.05, 0.1) is 0 Å². The minimum atomic E-state index is -0.516. The maximum atomic E-state index is 14.2. The number of tetrazole rings is 1. The van der Waals surface area contributed by atoms with Gasteiger partial charge in [-0.15, -0.1) is 5.10 Å². The predicted molar refractivity (Wildman–Crippen MR) is 123 cm³/mol. The van der Waals surface area contributed by atoms with E-state index >= 15 is 0 Å². The van der Waals surface area contributed by atoms with E-state index in [4.69, 9.17) is 4.74 Å². The minimum absolute atomic E-state index is 0.0357. The molecular weight excluding hydrogens is 439 g/mol. The summed E-state index contributed by atoms with van der Waals surface area (Å²) in [5.74, 6) is -0.00470. The number of amides is 2. The van der Waals surface area contributed by atoms with Gasteiger partial charge in [0.15, 0.2) is 12.4 Å². The average molecular weight is 467 g/mol. The lowest BCUT2D eigenvalue weighted by Gasteiger charge is -2.38. The van der Waals surface area contributed by atoms with Crippen LogP contribution in [0.15, 0.2) is 42.5 Å². The molecule has 2 heterocycles. The number of carbonyl (C=O) groups excluding carboxylic acids is 2. The molecule has 2 atom stereocenters. The summed E-state index contributed by atoms with van der Waals surface area (Å²) >= 11 is 0. The minimum Gasteiger partial charge on any atom is -0.484 e. The lowest BCUT2D eigenvalue weighted by Crippen LogP contribution is -2.49. The van der Waals surface area contributed by atoms with Crippen LogP contribution >= 0.6 is 0 Å². The maximum absolute atomic E-state index is 14.2. The second-order valence-electron chi connectivity index (χ2n) is 8.50. The predicted octanol–water partition coefficient (Wildman–Crippen LogP) is 3.53. The number of rotatable bonds is 6. The Morgan fingerprint density at radius 1 is 1.12 bits per heavy atom. The Labute approximate surface area is 196 Å². The van der Waals surface area contributed by atoms with Crippen molar-refractivity contribution in [3.63, 3.8) is 0 Å². The molecule has 2 aromatic carbocycles. The Morgan fingerprint density at radius 3 is 2.47 bits per heavy atom. The quantitative estimate of drug-likeness (QED) is 0.596. The SMILES string of the molecule is Cc1nnnn1-c1cc(NC(=O)c2ccc(OCC(=O)N3C(C)CCCC3C)cc2)ccc1F. The number of ether oxygens (including phenoxy) is 1. The van der Waals surface area contributed by atoms with Crippen LogP contribution in [0, 0.1) is 12.7 Å². The highest BCUT2D eigenvalue weighted by Crippen LogP contribution is 2.23. The Morgan fingerprint density at radius 2 is 1.82 bits per heavy atom. The molecule has 1 saturated heterocycles. The number of aromatic nitrogens is 4. The van der Waals surface area contributed by atoms with Crippen LogP contribution in [0.4, 0.5) is 10.1 Å². The van der Waals surface area contributed by atoms with Crippen molar-refractivity contribution in [2.24, 2.45) is 0 Å². The molecule has 0 radical (unpaired) electrons. The monoisotopic (exact) mass is 466 g/mol. The van der Waals surface area contributed by atoms with Gasteiger partial charge in [-0.05, 0) is 92.9 Å². The molecule has 34 heavy (non-hydrogen) atoms. The van der Waals surface area contributed by atoms with E-state index in [9.17, 15) is 14.0 Å². The number of anilines is 1. The standard InChI is InChI=1S/C24H27FN6O3/c1-15-5-4-6-16(2)30(15)23(32)14-34-20-10-7-18(8-11-20)24(33)26-19-9-12-21(25)22(13-19)31-17(3)27-28-29-31/h7-13,15-16H,4-6,14H2,1-3H3,(H,26,33). The number of piperidine rings is 1. The van der Waals surface area contributed by atoms with Crippen molar-refractivity contribution in [2.45, 2.75) is 52.1 Å². The van der Waals surface area contributed by atoms with Crippen LogP contribution in [0.2, 0.25) is 0 Å². The van der Waals surface area contributed by atoms with E-state index in [1.54, 1.807) is 31.2 Å². The van der Waals surface area contributed by atoms with Crippen LogP contribution in [0.3, 0.4) is 0 Å². The highest BCUT2D eigenvalue weighted by Gasteiger charge is 2.29. The summed E-state index contributed by atoms with van der Waals surface area (Å²) in [7, 11) is 0. The van der Waals surface area contributed by atoms with E-state index in [2.05, 4.69) is 34.7 Å². The van der Waals surface area contributed by atoms with Gasteiger partial charge in [0.25, 0.3) is 11.8 Å². The number of likely N-dealkylation sites (tertiary alicyclic amines) is 1. The number of nitrogens with zero attached hydrogens (tertiary/aromatic N) is 5. The molecule has 0 aliphatic carbocycles. The number of hydrogen-bond donors (Lipinski definition) is 1. The van der Waals surface area contributed by atoms with Gasteiger partial charge in [0, 0.05) is 23.3 Å². The van der Waals surface area contributed by atoms with Crippen molar-refractivity contribution in [1.29, 1.82) is 0 Å². The van der Waals surface area contributed by atoms with Gasteiger partial charge in [-0.25, -0.2) is 4.39 Å². The fraction of sp³-hybridized carbons (Fsp3) is 0.375. The summed E-state index contributed by atoms with van der Waals surface area (Å²) in [6, 6.07) is 11.1. The molecule has 10 heteroatoms. The summed E-state index contributed by atoms with van der Waals surface area (Å²) in [5, 5.41) is 13.8. The molecule has 0 bridgehead atoms. The molecule has 1 N–H and O–H groups in total. The van der Waals surface area contributed by atoms with Gasteiger partial charge in [-0.2, -0.15) is 4.68 Å². The number of hydrogen-bond acceptors (Lipinski definition) is 6. The summed E-state index contributed by atoms with van der Waals surface area (Å²) in [6.07, 6.45) is 3.14. The van der Waals surface area contributed by atoms with Gasteiger partial charge in [0.2, 0.25) is 0 Å². The van der Waals surface area contributed by atoms with Crippen molar-refractivity contribution < 1.29 is 18.7 Å². The van der Waals surface area contributed by atoms with Gasteiger partial charge < -0.3 is 15.0 Å². The Hall–Kier alpha value is -3.82. The highest BCUT2D eigenvalue weighted by molar-refractivity contribution is 6.04. The van der Waals surface area contributed by atoms with Gasteiger partial charge in [0.1, 0.15) is 17.3 Å². The average Bonchev–Trinajstić information content (AvgIpc) is 3.24. The van der Waals surface area contributed by atoms with Crippen LogP contribution in [0.25, 0.3) is 5.69 Å². The van der Waals surface area contributed by atoms with E-state index in [0.717, 1.165) is 19.3 Å². The molecule has 2 amide bonds. The van der Waals surface area contributed by atoms with E-state index in [0.29, 0.717) is 22.8 Å². The Kier molecular flexibility index (Phi) is 6.85. The van der Waals surface area contributed by atoms with E-state index in [1.807, 2.05) is 4.90 Å². The molecule has 1 fully saturated rings.